The van der Waals surface area contributed by atoms with Crippen molar-refractivity contribution in [3.63, 3.8) is 0 Å². The van der Waals surface area contributed by atoms with Crippen molar-refractivity contribution >= 4 is 53.9 Å². The Kier molecular flexibility index (Phi) is 5.61. The van der Waals surface area contributed by atoms with Crippen LogP contribution in [0.15, 0.2) is 170 Å². The Bertz CT molecular complexity index is 2550. The lowest BCUT2D eigenvalue weighted by atomic mass is 9.89. The second-order valence-electron chi connectivity index (χ2n) is 11.7. The van der Waals surface area contributed by atoms with Crippen LogP contribution in [0.4, 0.5) is 0 Å². The van der Waals surface area contributed by atoms with E-state index in [4.69, 9.17) is 0 Å². The van der Waals surface area contributed by atoms with Crippen LogP contribution in [0.1, 0.15) is 0 Å². The average Bonchev–Trinajstić information content (AvgIpc) is 3.11. The van der Waals surface area contributed by atoms with Gasteiger partial charge in [0.15, 0.2) is 0 Å². The first kappa shape index (κ1) is 24.8. The molecule has 0 aliphatic heterocycles. The van der Waals surface area contributed by atoms with Crippen molar-refractivity contribution in [3.05, 3.63) is 170 Å². The lowest BCUT2D eigenvalue weighted by Gasteiger charge is -2.14. The molecule has 0 amide bonds. The van der Waals surface area contributed by atoms with Crippen LogP contribution in [-0.4, -0.2) is 0 Å². The monoisotopic (exact) mass is 556 g/mol. The molecule has 0 radical (unpaired) electrons. The van der Waals surface area contributed by atoms with Crippen LogP contribution in [0.5, 0.6) is 0 Å². The molecule has 9 aromatic rings. The molecule has 0 atom stereocenters. The van der Waals surface area contributed by atoms with Gasteiger partial charge in [0.05, 0.1) is 0 Å². The molecule has 204 valence electrons. The van der Waals surface area contributed by atoms with Crippen molar-refractivity contribution in [1.29, 1.82) is 0 Å². The van der Waals surface area contributed by atoms with E-state index < -0.39 is 0 Å². The molecule has 0 saturated carbocycles. The Labute approximate surface area is 256 Å². The molecule has 44 heavy (non-hydrogen) atoms. The van der Waals surface area contributed by atoms with Crippen molar-refractivity contribution in [2.45, 2.75) is 0 Å². The molecule has 0 aliphatic carbocycles. The smallest absolute Gasteiger partial charge is 0.00928 e. The van der Waals surface area contributed by atoms with Gasteiger partial charge in [-0.05, 0) is 112 Å². The highest BCUT2D eigenvalue weighted by Gasteiger charge is 2.13. The van der Waals surface area contributed by atoms with Crippen molar-refractivity contribution in [3.8, 4) is 33.4 Å². The van der Waals surface area contributed by atoms with E-state index in [-0.39, 0.29) is 0 Å². The summed E-state index contributed by atoms with van der Waals surface area (Å²) in [4.78, 5) is 0. The van der Waals surface area contributed by atoms with Crippen LogP contribution in [0.25, 0.3) is 87.2 Å². The maximum Gasteiger partial charge on any atom is -0.00928 e. The number of benzene rings is 9. The number of rotatable bonds is 3. The van der Waals surface area contributed by atoms with Gasteiger partial charge in [-0.25, -0.2) is 0 Å². The summed E-state index contributed by atoms with van der Waals surface area (Å²) in [6.45, 7) is 0. The maximum absolute atomic E-state index is 2.39. The van der Waals surface area contributed by atoms with Crippen molar-refractivity contribution in [2.24, 2.45) is 0 Å². The molecule has 0 unspecified atom stereocenters. The van der Waals surface area contributed by atoms with Gasteiger partial charge in [0.25, 0.3) is 0 Å². The van der Waals surface area contributed by atoms with E-state index >= 15 is 0 Å². The van der Waals surface area contributed by atoms with E-state index in [2.05, 4.69) is 170 Å². The summed E-state index contributed by atoms with van der Waals surface area (Å²) < 4.78 is 0. The molecular weight excluding hydrogens is 528 g/mol. The summed E-state index contributed by atoms with van der Waals surface area (Å²) in [7, 11) is 0. The first-order chi connectivity index (χ1) is 21.8. The largest absolute Gasteiger partial charge is 0.0616 e. The van der Waals surface area contributed by atoms with Gasteiger partial charge < -0.3 is 0 Å². The second kappa shape index (κ2) is 9.93. The van der Waals surface area contributed by atoms with Crippen molar-refractivity contribution in [2.75, 3.05) is 0 Å². The average molecular weight is 557 g/mol. The van der Waals surface area contributed by atoms with Gasteiger partial charge in [-0.15, -0.1) is 0 Å². The molecule has 0 aromatic heterocycles. The Morgan fingerprint density at radius 3 is 1.48 bits per heavy atom. The van der Waals surface area contributed by atoms with Gasteiger partial charge in [-0.1, -0.05) is 146 Å². The molecule has 0 heterocycles. The predicted octanol–water partition coefficient (Wildman–Crippen LogP) is 12.5. The highest BCUT2D eigenvalue weighted by Crippen LogP contribution is 2.40. The van der Waals surface area contributed by atoms with Gasteiger partial charge in [0, 0.05) is 0 Å². The molecule has 0 spiro atoms. The van der Waals surface area contributed by atoms with Crippen LogP contribution in [0.3, 0.4) is 0 Å². The van der Waals surface area contributed by atoms with Crippen LogP contribution < -0.4 is 0 Å². The Hall–Kier alpha value is -5.72. The minimum atomic E-state index is 1.23. The molecule has 0 aliphatic rings. The number of hydrogen-bond acceptors (Lipinski definition) is 0. The number of fused-ring (bicyclic) bond motifs is 8. The fourth-order valence-electron chi connectivity index (χ4n) is 7.03. The quantitative estimate of drug-likeness (QED) is 0.190. The summed E-state index contributed by atoms with van der Waals surface area (Å²) in [6, 6.07) is 62.4. The molecule has 0 heteroatoms. The molecular formula is C44H28. The molecule has 0 nitrogen and oxygen atoms in total. The molecule has 0 fully saturated rings. The van der Waals surface area contributed by atoms with E-state index in [1.54, 1.807) is 0 Å². The van der Waals surface area contributed by atoms with E-state index in [1.807, 2.05) is 0 Å². The summed E-state index contributed by atoms with van der Waals surface area (Å²) in [5.74, 6) is 0. The molecule has 0 N–H and O–H groups in total. The third-order valence-corrected chi connectivity index (χ3v) is 9.22. The first-order valence-corrected chi connectivity index (χ1v) is 15.3. The lowest BCUT2D eigenvalue weighted by Crippen LogP contribution is -1.87. The third kappa shape index (κ3) is 4.00. The summed E-state index contributed by atoms with van der Waals surface area (Å²) in [5.41, 5.74) is 7.45. The van der Waals surface area contributed by atoms with E-state index in [0.717, 1.165) is 0 Å². The van der Waals surface area contributed by atoms with Crippen LogP contribution in [-0.2, 0) is 0 Å². The molecule has 0 bridgehead atoms. The molecule has 9 rings (SSSR count). The topological polar surface area (TPSA) is 0 Å². The minimum Gasteiger partial charge on any atom is -0.0616 e. The van der Waals surface area contributed by atoms with Gasteiger partial charge in [0.2, 0.25) is 0 Å². The lowest BCUT2D eigenvalue weighted by molar-refractivity contribution is 1.62. The van der Waals surface area contributed by atoms with E-state index in [1.165, 1.54) is 87.2 Å². The van der Waals surface area contributed by atoms with E-state index in [0.29, 0.717) is 0 Å². The zero-order valence-electron chi connectivity index (χ0n) is 24.2. The maximum atomic E-state index is 2.39. The van der Waals surface area contributed by atoms with Gasteiger partial charge in [0.1, 0.15) is 0 Å². The molecule has 0 saturated heterocycles. The summed E-state index contributed by atoms with van der Waals surface area (Å²) in [5, 5.41) is 12.8. The van der Waals surface area contributed by atoms with Crippen LogP contribution in [0.2, 0.25) is 0 Å². The van der Waals surface area contributed by atoms with E-state index in [9.17, 15) is 0 Å². The van der Waals surface area contributed by atoms with Crippen molar-refractivity contribution in [1.82, 2.24) is 0 Å². The fraction of sp³-hybridized carbons (Fsp3) is 0. The third-order valence-electron chi connectivity index (χ3n) is 9.22. The summed E-state index contributed by atoms with van der Waals surface area (Å²) >= 11 is 0. The number of hydrogen-bond donors (Lipinski definition) is 0. The van der Waals surface area contributed by atoms with Crippen LogP contribution >= 0.6 is 0 Å². The zero-order chi connectivity index (χ0) is 29.0. The summed E-state index contributed by atoms with van der Waals surface area (Å²) in [6.07, 6.45) is 0. The van der Waals surface area contributed by atoms with Gasteiger partial charge in [-0.2, -0.15) is 0 Å². The van der Waals surface area contributed by atoms with Gasteiger partial charge >= 0.3 is 0 Å². The standard InChI is InChI=1S/C44H28/c1-2-11-31-25-34(20-19-29(31)9-1)32-13-7-14-33(26-32)35-21-23-41-39-16-5-6-17-40(39)44-28-36(22-24-42(44)43(41)27-35)38-18-8-12-30-10-3-4-15-37(30)38/h1-28H. The van der Waals surface area contributed by atoms with Crippen molar-refractivity contribution < 1.29 is 0 Å². The fourth-order valence-corrected chi connectivity index (χ4v) is 7.03. The zero-order valence-corrected chi connectivity index (χ0v) is 24.2. The first-order valence-electron chi connectivity index (χ1n) is 15.3. The van der Waals surface area contributed by atoms with Crippen LogP contribution in [0, 0.1) is 0 Å². The SMILES string of the molecule is c1cc(-c2ccc3ccccc3c2)cc(-c2ccc3c4ccccc4c4cc(-c5cccc6ccccc56)ccc4c3c2)c1. The Morgan fingerprint density at radius 2 is 0.682 bits per heavy atom. The van der Waals surface area contributed by atoms with Gasteiger partial charge in [-0.3, -0.25) is 0 Å². The predicted molar refractivity (Wildman–Crippen MR) is 190 cm³/mol. The highest BCUT2D eigenvalue weighted by atomic mass is 14.2. The Morgan fingerprint density at radius 1 is 0.205 bits per heavy atom. The second-order valence-corrected chi connectivity index (χ2v) is 11.7. The highest BCUT2D eigenvalue weighted by molar-refractivity contribution is 6.26. The molecule has 9 aromatic carbocycles. The Balaban J connectivity index is 1.23. The normalized spacial score (nSPS) is 11.6. The minimum absolute atomic E-state index is 1.23.